The summed E-state index contributed by atoms with van der Waals surface area (Å²) in [6.07, 6.45) is 0. The minimum atomic E-state index is -0.735. The number of nitrogens with zero attached hydrogens (tertiary/aromatic N) is 2. The molecule has 2 heterocycles. The molecule has 0 saturated carbocycles. The van der Waals surface area contributed by atoms with Gasteiger partial charge in [-0.25, -0.2) is 0 Å². The Kier molecular flexibility index (Phi) is 6.45. The van der Waals surface area contributed by atoms with Gasteiger partial charge in [-0.1, -0.05) is 64.6 Å². The lowest BCUT2D eigenvalue weighted by molar-refractivity contribution is 0.103. The third kappa shape index (κ3) is 4.01. The molecule has 2 aromatic carbocycles. The number of hydrogen-bond acceptors (Lipinski definition) is 5. The fourth-order valence-electron chi connectivity index (χ4n) is 3.54. The van der Waals surface area contributed by atoms with E-state index < -0.39 is 17.2 Å². The van der Waals surface area contributed by atoms with Crippen molar-refractivity contribution < 1.29 is 9.90 Å². The van der Waals surface area contributed by atoms with E-state index in [4.69, 9.17) is 46.4 Å². The van der Waals surface area contributed by atoms with Crippen LogP contribution in [0.4, 0.5) is 0 Å². The molecule has 0 aliphatic rings. The third-order valence-electron chi connectivity index (χ3n) is 5.17. The highest BCUT2D eigenvalue weighted by molar-refractivity contribution is 7.22. The molecule has 4 aromatic rings. The van der Waals surface area contributed by atoms with Gasteiger partial charge in [-0.3, -0.25) is 14.2 Å². The Morgan fingerprint density at radius 2 is 1.85 bits per heavy atom. The van der Waals surface area contributed by atoms with E-state index in [1.807, 2.05) is 6.07 Å². The van der Waals surface area contributed by atoms with E-state index in [-0.39, 0.29) is 38.2 Å². The van der Waals surface area contributed by atoms with Crippen LogP contribution in [0, 0.1) is 18.3 Å². The zero-order valence-corrected chi connectivity index (χ0v) is 20.6. The summed E-state index contributed by atoms with van der Waals surface area (Å²) >= 11 is 26.1. The molecule has 1 N–H and O–H groups in total. The molecular weight excluding hydrogens is 526 g/mol. The van der Waals surface area contributed by atoms with Crippen molar-refractivity contribution in [2.24, 2.45) is 0 Å². The molecule has 0 fully saturated rings. The van der Waals surface area contributed by atoms with Crippen LogP contribution in [-0.4, -0.2) is 15.5 Å². The van der Waals surface area contributed by atoms with E-state index in [9.17, 15) is 20.0 Å². The summed E-state index contributed by atoms with van der Waals surface area (Å²) in [5.41, 5.74) is -0.612. The number of thiophene rings is 1. The van der Waals surface area contributed by atoms with Crippen LogP contribution in [0.25, 0.3) is 10.1 Å². The number of aromatic hydroxyl groups is 1. The van der Waals surface area contributed by atoms with Gasteiger partial charge in [0.25, 0.3) is 5.56 Å². The third-order valence-corrected chi connectivity index (χ3v) is 7.68. The zero-order chi connectivity index (χ0) is 24.0. The van der Waals surface area contributed by atoms with Crippen molar-refractivity contribution in [1.29, 1.82) is 5.26 Å². The number of hydrogen-bond donors (Lipinski definition) is 1. The average Bonchev–Trinajstić information content (AvgIpc) is 3.09. The summed E-state index contributed by atoms with van der Waals surface area (Å²) in [5.74, 6) is -1.23. The average molecular weight is 538 g/mol. The maximum absolute atomic E-state index is 13.6. The van der Waals surface area contributed by atoms with Gasteiger partial charge >= 0.3 is 0 Å². The van der Waals surface area contributed by atoms with Gasteiger partial charge in [0.1, 0.15) is 11.6 Å². The highest BCUT2D eigenvalue weighted by Gasteiger charge is 2.29. The summed E-state index contributed by atoms with van der Waals surface area (Å²) < 4.78 is 1.54. The summed E-state index contributed by atoms with van der Waals surface area (Å²) in [5, 5.41) is 22.2. The molecule has 4 rings (SSSR count). The SMILES string of the molecule is Cc1c(C(=O)c2sc3cc(Cl)cc(Cl)c3c2Cl)c(O)n(Cc2ccccc2Cl)c(=O)c1C#N. The number of pyridine rings is 1. The molecule has 10 heteroatoms. The number of fused-ring (bicyclic) bond motifs is 1. The Morgan fingerprint density at radius 1 is 1.15 bits per heavy atom. The number of aromatic nitrogens is 1. The van der Waals surface area contributed by atoms with E-state index >= 15 is 0 Å². The highest BCUT2D eigenvalue weighted by atomic mass is 35.5. The van der Waals surface area contributed by atoms with Crippen molar-refractivity contribution in [3.05, 3.63) is 94.0 Å². The minimum Gasteiger partial charge on any atom is -0.494 e. The second kappa shape index (κ2) is 9.02. The fraction of sp³-hybridized carbons (Fsp3) is 0.0870. The molecule has 0 spiro atoms. The van der Waals surface area contributed by atoms with Gasteiger partial charge in [0.15, 0.2) is 0 Å². The van der Waals surface area contributed by atoms with E-state index in [2.05, 4.69) is 0 Å². The topological polar surface area (TPSA) is 83.1 Å². The highest BCUT2D eigenvalue weighted by Crippen LogP contribution is 2.43. The first kappa shape index (κ1) is 23.6. The molecule has 0 unspecified atom stereocenters. The van der Waals surface area contributed by atoms with Crippen molar-refractivity contribution in [2.75, 3.05) is 0 Å². The van der Waals surface area contributed by atoms with Crippen LogP contribution in [0.15, 0.2) is 41.2 Å². The van der Waals surface area contributed by atoms with Crippen LogP contribution in [-0.2, 0) is 6.54 Å². The Morgan fingerprint density at radius 3 is 2.52 bits per heavy atom. The summed E-state index contributed by atoms with van der Waals surface area (Å²) in [6, 6.07) is 11.7. The second-order valence-electron chi connectivity index (χ2n) is 7.13. The first-order chi connectivity index (χ1) is 15.6. The van der Waals surface area contributed by atoms with Gasteiger partial charge in [-0.2, -0.15) is 5.26 Å². The van der Waals surface area contributed by atoms with E-state index in [1.165, 1.54) is 13.0 Å². The van der Waals surface area contributed by atoms with Crippen LogP contribution in [0.5, 0.6) is 5.88 Å². The first-order valence-electron chi connectivity index (χ1n) is 9.37. The van der Waals surface area contributed by atoms with Crippen molar-refractivity contribution in [3.8, 4) is 11.9 Å². The first-order valence-corrected chi connectivity index (χ1v) is 11.7. The van der Waals surface area contributed by atoms with Crippen LogP contribution in [0.1, 0.15) is 31.9 Å². The minimum absolute atomic E-state index is 0.0538. The number of carbonyl (C=O) groups excluding carboxylic acids is 1. The molecule has 2 aromatic heterocycles. The van der Waals surface area contributed by atoms with Gasteiger partial charge in [-0.05, 0) is 36.2 Å². The summed E-state index contributed by atoms with van der Waals surface area (Å²) in [4.78, 5) is 26.6. The number of ketones is 1. The lowest BCUT2D eigenvalue weighted by Crippen LogP contribution is -2.27. The number of carbonyl (C=O) groups is 1. The maximum atomic E-state index is 13.6. The summed E-state index contributed by atoms with van der Waals surface area (Å²) in [7, 11) is 0. The number of rotatable bonds is 4. The fourth-order valence-corrected chi connectivity index (χ4v) is 6.06. The van der Waals surface area contributed by atoms with Crippen LogP contribution in [0.2, 0.25) is 20.1 Å². The van der Waals surface area contributed by atoms with Crippen molar-refractivity contribution in [2.45, 2.75) is 13.5 Å². The standard InChI is InChI=1S/C23H12Cl4N2O3S/c1-10-13(8-28)22(31)29(9-11-4-2-3-5-14(11)25)23(32)17(10)20(30)21-19(27)18-15(26)6-12(24)7-16(18)33-21/h2-7,32H,9H2,1H3. The van der Waals surface area contributed by atoms with E-state index in [1.54, 1.807) is 30.3 Å². The maximum Gasteiger partial charge on any atom is 0.271 e. The molecule has 0 aliphatic heterocycles. The predicted octanol–water partition coefficient (Wildman–Crippen LogP) is 6.84. The van der Waals surface area contributed by atoms with E-state index in [0.29, 0.717) is 25.7 Å². The normalized spacial score (nSPS) is 11.0. The molecule has 0 bridgehead atoms. The lowest BCUT2D eigenvalue weighted by atomic mass is 10.0. The molecule has 5 nitrogen and oxygen atoms in total. The van der Waals surface area contributed by atoms with Gasteiger partial charge in [-0.15, -0.1) is 11.3 Å². The molecule has 0 aliphatic carbocycles. The quantitative estimate of drug-likeness (QED) is 0.289. The van der Waals surface area contributed by atoms with Gasteiger partial charge in [0.05, 0.1) is 27.0 Å². The van der Waals surface area contributed by atoms with Crippen LogP contribution >= 0.6 is 57.7 Å². The van der Waals surface area contributed by atoms with Crippen molar-refractivity contribution >= 4 is 73.6 Å². The number of nitriles is 1. The molecule has 0 saturated heterocycles. The smallest absolute Gasteiger partial charge is 0.271 e. The molecule has 0 atom stereocenters. The van der Waals surface area contributed by atoms with Gasteiger partial charge in [0.2, 0.25) is 11.7 Å². The van der Waals surface area contributed by atoms with Crippen LogP contribution in [0.3, 0.4) is 0 Å². The van der Waals surface area contributed by atoms with Crippen LogP contribution < -0.4 is 5.56 Å². The molecule has 0 radical (unpaired) electrons. The zero-order valence-electron chi connectivity index (χ0n) is 16.7. The Balaban J connectivity index is 1.96. The molecule has 166 valence electrons. The Labute approximate surface area is 211 Å². The monoisotopic (exact) mass is 536 g/mol. The largest absolute Gasteiger partial charge is 0.494 e. The van der Waals surface area contributed by atoms with Gasteiger partial charge < -0.3 is 5.11 Å². The van der Waals surface area contributed by atoms with Gasteiger partial charge in [0, 0.05) is 20.1 Å². The second-order valence-corrected chi connectivity index (χ2v) is 9.81. The van der Waals surface area contributed by atoms with E-state index in [0.717, 1.165) is 15.9 Å². The number of halogens is 4. The number of benzene rings is 2. The molecule has 33 heavy (non-hydrogen) atoms. The Hall–Kier alpha value is -2.53. The summed E-state index contributed by atoms with van der Waals surface area (Å²) in [6.45, 7) is 1.29. The lowest BCUT2D eigenvalue weighted by Gasteiger charge is -2.16. The Bertz CT molecular complexity index is 1570. The predicted molar refractivity (Wildman–Crippen MR) is 133 cm³/mol. The molecule has 0 amide bonds. The molecular formula is C23H12Cl4N2O3S. The van der Waals surface area contributed by atoms with Crippen molar-refractivity contribution in [3.63, 3.8) is 0 Å². The van der Waals surface area contributed by atoms with Crippen molar-refractivity contribution in [1.82, 2.24) is 4.57 Å².